The Morgan fingerprint density at radius 1 is 1.36 bits per heavy atom. The molecule has 6 nitrogen and oxygen atoms in total. The number of ether oxygens (including phenoxy) is 1. The third-order valence-corrected chi connectivity index (χ3v) is 4.57. The van der Waals surface area contributed by atoms with Crippen LogP contribution in [-0.4, -0.2) is 35.3 Å². The number of H-pyrrole nitrogens is 1. The maximum Gasteiger partial charge on any atom is 0.271 e. The van der Waals surface area contributed by atoms with Crippen molar-refractivity contribution in [2.24, 2.45) is 5.73 Å². The summed E-state index contributed by atoms with van der Waals surface area (Å²) in [7, 11) is 1.63. The molecule has 3 N–H and O–H groups in total. The van der Waals surface area contributed by atoms with Gasteiger partial charge < -0.3 is 20.4 Å². The maximum absolute atomic E-state index is 13.9. The van der Waals surface area contributed by atoms with Crippen LogP contribution in [0.5, 0.6) is 5.75 Å². The number of carbonyl (C=O) groups is 2. The Labute approximate surface area is 153 Å². The van der Waals surface area contributed by atoms with Crippen LogP contribution >= 0.6 is 15.9 Å². The molecule has 0 saturated carbocycles. The zero-order chi connectivity index (χ0) is 18.7. The van der Waals surface area contributed by atoms with E-state index in [-0.39, 0.29) is 27.5 Å². The van der Waals surface area contributed by atoms with Gasteiger partial charge in [0.1, 0.15) is 23.3 Å². The number of hydrogen-bond acceptors (Lipinski definition) is 3. The number of halogens is 2. The summed E-state index contributed by atoms with van der Waals surface area (Å²) >= 11 is 3.28. The van der Waals surface area contributed by atoms with Crippen molar-refractivity contribution < 1.29 is 18.7 Å². The van der Waals surface area contributed by atoms with Crippen LogP contribution < -0.4 is 10.5 Å². The molecule has 2 aromatic rings. The van der Waals surface area contributed by atoms with E-state index in [4.69, 9.17) is 10.5 Å². The number of aromatic amines is 1. The highest BCUT2D eigenvalue weighted by atomic mass is 79.9. The normalized spacial score (nSPS) is 11.9. The van der Waals surface area contributed by atoms with E-state index < -0.39 is 17.8 Å². The summed E-state index contributed by atoms with van der Waals surface area (Å²) in [4.78, 5) is 28.3. The molecule has 1 atom stereocenters. The van der Waals surface area contributed by atoms with Gasteiger partial charge in [-0.2, -0.15) is 0 Å². The number of carbonyl (C=O) groups excluding carboxylic acids is 2. The van der Waals surface area contributed by atoms with Crippen molar-refractivity contribution in [3.63, 3.8) is 0 Å². The van der Waals surface area contributed by atoms with Crippen molar-refractivity contribution in [1.82, 2.24) is 9.88 Å². The van der Waals surface area contributed by atoms with Crippen LogP contribution in [-0.2, 0) is 0 Å². The first kappa shape index (κ1) is 19.0. The first-order valence-corrected chi connectivity index (χ1v) is 8.45. The lowest BCUT2D eigenvalue weighted by Crippen LogP contribution is -2.27. The van der Waals surface area contributed by atoms with Gasteiger partial charge in [0.2, 0.25) is 0 Å². The van der Waals surface area contributed by atoms with Crippen LogP contribution in [0.2, 0.25) is 0 Å². The molecule has 8 heteroatoms. The Hall–Kier alpha value is -2.35. The minimum atomic E-state index is -0.783. The minimum absolute atomic E-state index is 0.0529. The average Bonchev–Trinajstić information content (AvgIpc) is 2.90. The fraction of sp³-hybridized carbons (Fsp3) is 0.294. The molecule has 2 rings (SSSR count). The lowest BCUT2D eigenvalue weighted by atomic mass is 10.1. The van der Waals surface area contributed by atoms with Gasteiger partial charge in [0.15, 0.2) is 5.75 Å². The molecule has 0 bridgehead atoms. The molecule has 1 heterocycles. The third-order valence-electron chi connectivity index (χ3n) is 3.82. The van der Waals surface area contributed by atoms with Crippen molar-refractivity contribution in [2.75, 3.05) is 13.6 Å². The Morgan fingerprint density at radius 3 is 2.56 bits per heavy atom. The van der Waals surface area contributed by atoms with Crippen LogP contribution in [0.25, 0.3) is 0 Å². The number of hydrogen-bond donors (Lipinski definition) is 2. The molecule has 0 aliphatic rings. The van der Waals surface area contributed by atoms with Crippen molar-refractivity contribution in [2.45, 2.75) is 20.0 Å². The molecule has 0 spiro atoms. The molecule has 0 saturated heterocycles. The van der Waals surface area contributed by atoms with Crippen LogP contribution in [0, 0.1) is 5.82 Å². The number of benzene rings is 1. The summed E-state index contributed by atoms with van der Waals surface area (Å²) in [5.41, 5.74) is 5.80. The maximum atomic E-state index is 13.9. The number of rotatable bonds is 6. The number of amides is 2. The van der Waals surface area contributed by atoms with E-state index in [1.807, 2.05) is 6.92 Å². The lowest BCUT2D eigenvalue weighted by Gasteiger charge is -2.16. The van der Waals surface area contributed by atoms with Crippen molar-refractivity contribution in [3.05, 3.63) is 51.5 Å². The summed E-state index contributed by atoms with van der Waals surface area (Å²) in [6.45, 7) is 3.95. The smallest absolute Gasteiger partial charge is 0.271 e. The molecule has 0 unspecified atom stereocenters. The predicted molar refractivity (Wildman–Crippen MR) is 95.1 cm³/mol. The molecular formula is C17H19BrFN3O3. The van der Waals surface area contributed by atoms with E-state index in [0.717, 1.165) is 0 Å². The largest absolute Gasteiger partial charge is 0.482 e. The van der Waals surface area contributed by atoms with Gasteiger partial charge in [0, 0.05) is 19.2 Å². The molecule has 0 aliphatic carbocycles. The molecule has 25 heavy (non-hydrogen) atoms. The van der Waals surface area contributed by atoms with Crippen LogP contribution in [0.15, 0.2) is 28.7 Å². The van der Waals surface area contributed by atoms with Crippen LogP contribution in [0.4, 0.5) is 4.39 Å². The number of aromatic nitrogens is 1. The first-order valence-electron chi connectivity index (χ1n) is 7.65. The van der Waals surface area contributed by atoms with Gasteiger partial charge in [0.25, 0.3) is 11.8 Å². The molecule has 0 aliphatic heterocycles. The van der Waals surface area contributed by atoms with Gasteiger partial charge >= 0.3 is 0 Å². The lowest BCUT2D eigenvalue weighted by molar-refractivity contribution is 0.0796. The Bertz CT molecular complexity index is 806. The highest BCUT2D eigenvalue weighted by molar-refractivity contribution is 9.10. The standard InChI is InChI=1S/C17H19BrFN3O3/c1-4-22(3)17(24)13-12(18)15(14(21-13)16(20)23)25-9(2)10-7-5-6-8-11(10)19/h5-9,21H,4H2,1-3H3,(H2,20,23)/t9-/m0/s1. The summed E-state index contributed by atoms with van der Waals surface area (Å²) in [6, 6.07) is 6.16. The van der Waals surface area contributed by atoms with E-state index in [1.165, 1.54) is 11.0 Å². The number of nitrogens with one attached hydrogen (secondary N) is 1. The molecule has 134 valence electrons. The molecule has 2 amide bonds. The third kappa shape index (κ3) is 3.84. The van der Waals surface area contributed by atoms with Crippen molar-refractivity contribution in [3.8, 4) is 5.75 Å². The van der Waals surface area contributed by atoms with Crippen LogP contribution in [0.3, 0.4) is 0 Å². The molecular weight excluding hydrogens is 393 g/mol. The highest BCUT2D eigenvalue weighted by Crippen LogP contribution is 2.36. The van der Waals surface area contributed by atoms with Gasteiger partial charge in [-0.25, -0.2) is 4.39 Å². The molecule has 0 radical (unpaired) electrons. The van der Waals surface area contributed by atoms with E-state index in [1.54, 1.807) is 32.2 Å². The predicted octanol–water partition coefficient (Wildman–Crippen LogP) is 3.25. The Morgan fingerprint density at radius 2 is 2.00 bits per heavy atom. The van der Waals surface area contributed by atoms with E-state index in [9.17, 15) is 14.0 Å². The fourth-order valence-electron chi connectivity index (χ4n) is 2.27. The topological polar surface area (TPSA) is 88.4 Å². The molecule has 0 fully saturated rings. The summed E-state index contributed by atoms with van der Waals surface area (Å²) < 4.78 is 20.0. The number of nitrogens with zero attached hydrogens (tertiary/aromatic N) is 1. The van der Waals surface area contributed by atoms with Crippen LogP contribution in [0.1, 0.15) is 46.5 Å². The van der Waals surface area contributed by atoms with Gasteiger partial charge in [0.05, 0.1) is 4.47 Å². The zero-order valence-corrected chi connectivity index (χ0v) is 15.7. The second kappa shape index (κ2) is 7.69. The molecule has 1 aromatic heterocycles. The van der Waals surface area contributed by atoms with Gasteiger partial charge in [-0.1, -0.05) is 18.2 Å². The van der Waals surface area contributed by atoms with Crippen molar-refractivity contribution in [1.29, 1.82) is 0 Å². The summed E-state index contributed by atoms with van der Waals surface area (Å²) in [5, 5.41) is 0. The first-order chi connectivity index (χ1) is 11.8. The number of nitrogens with two attached hydrogens (primary N) is 1. The quantitative estimate of drug-likeness (QED) is 0.764. The minimum Gasteiger partial charge on any atom is -0.482 e. The second-order valence-corrected chi connectivity index (χ2v) is 6.28. The number of primary amides is 1. The molecule has 1 aromatic carbocycles. The average molecular weight is 412 g/mol. The van der Waals surface area contributed by atoms with E-state index in [0.29, 0.717) is 12.1 Å². The zero-order valence-electron chi connectivity index (χ0n) is 14.1. The van der Waals surface area contributed by atoms with Gasteiger partial charge in [-0.05, 0) is 35.8 Å². The SMILES string of the molecule is CCN(C)C(=O)c1[nH]c(C(N)=O)c(O[C@@H](C)c2ccccc2F)c1Br. The van der Waals surface area contributed by atoms with E-state index in [2.05, 4.69) is 20.9 Å². The monoisotopic (exact) mass is 411 g/mol. The van der Waals surface area contributed by atoms with E-state index >= 15 is 0 Å². The van der Waals surface area contributed by atoms with Crippen molar-refractivity contribution >= 4 is 27.7 Å². The second-order valence-electron chi connectivity index (χ2n) is 5.48. The van der Waals surface area contributed by atoms with Gasteiger partial charge in [-0.15, -0.1) is 0 Å². The fourth-order valence-corrected chi connectivity index (χ4v) is 2.83. The Balaban J connectivity index is 2.43. The Kier molecular flexibility index (Phi) is 5.84. The summed E-state index contributed by atoms with van der Waals surface area (Å²) in [6.07, 6.45) is -0.696. The summed E-state index contributed by atoms with van der Waals surface area (Å²) in [5.74, 6) is -1.46. The highest BCUT2D eigenvalue weighted by Gasteiger charge is 2.27. The van der Waals surface area contributed by atoms with Gasteiger partial charge in [-0.3, -0.25) is 9.59 Å².